The summed E-state index contributed by atoms with van der Waals surface area (Å²) in [7, 11) is -1.79. The minimum absolute atomic E-state index is 0. The molecule has 1 fully saturated rings. The normalized spacial score (nSPS) is 15.4. The van der Waals surface area contributed by atoms with Crippen LogP contribution in [0.4, 0.5) is 5.69 Å². The molecule has 0 amide bonds. The van der Waals surface area contributed by atoms with Gasteiger partial charge in [0, 0.05) is 31.9 Å². The molecule has 2 aromatic rings. The smallest absolute Gasteiger partial charge is 0.243 e. The molecule has 1 saturated heterocycles. The number of methoxy groups -OCH3 is 1. The predicted octanol–water partition coefficient (Wildman–Crippen LogP) is 3.83. The SMILES string of the molecule is COc1ccc(N2CCN(S(=O)(=O)c3ccc(CC(C)C)cc3)CC2)cc1.Cl. The zero-order valence-corrected chi connectivity index (χ0v) is 18.3. The summed E-state index contributed by atoms with van der Waals surface area (Å²) in [6.07, 6.45) is 0.959. The van der Waals surface area contributed by atoms with E-state index in [-0.39, 0.29) is 12.4 Å². The first-order valence-corrected chi connectivity index (χ1v) is 10.8. The number of benzene rings is 2. The highest BCUT2D eigenvalue weighted by molar-refractivity contribution is 7.89. The van der Waals surface area contributed by atoms with Crippen LogP contribution < -0.4 is 9.64 Å². The lowest BCUT2D eigenvalue weighted by atomic mass is 10.0. The van der Waals surface area contributed by atoms with Crippen molar-refractivity contribution >= 4 is 28.1 Å². The van der Waals surface area contributed by atoms with Crippen molar-refractivity contribution < 1.29 is 13.2 Å². The lowest BCUT2D eigenvalue weighted by molar-refractivity contribution is 0.384. The van der Waals surface area contributed by atoms with E-state index in [1.54, 1.807) is 23.5 Å². The number of hydrogen-bond donors (Lipinski definition) is 0. The van der Waals surface area contributed by atoms with Gasteiger partial charge in [-0.25, -0.2) is 8.42 Å². The van der Waals surface area contributed by atoms with E-state index < -0.39 is 10.0 Å². The first-order valence-electron chi connectivity index (χ1n) is 9.38. The zero-order chi connectivity index (χ0) is 19.4. The molecule has 0 atom stereocenters. The van der Waals surface area contributed by atoms with Gasteiger partial charge in [-0.15, -0.1) is 12.4 Å². The third-order valence-corrected chi connectivity index (χ3v) is 6.79. The van der Waals surface area contributed by atoms with Crippen molar-refractivity contribution in [1.29, 1.82) is 0 Å². The molecule has 7 heteroatoms. The van der Waals surface area contributed by atoms with E-state index >= 15 is 0 Å². The Morgan fingerprint density at radius 2 is 1.50 bits per heavy atom. The molecule has 2 aromatic carbocycles. The fourth-order valence-corrected chi connectivity index (χ4v) is 4.82. The summed E-state index contributed by atoms with van der Waals surface area (Å²) in [6.45, 7) is 6.65. The van der Waals surface area contributed by atoms with Crippen LogP contribution in [-0.2, 0) is 16.4 Å². The molecule has 0 bridgehead atoms. The van der Waals surface area contributed by atoms with Crippen molar-refractivity contribution in [3.05, 3.63) is 54.1 Å². The summed E-state index contributed by atoms with van der Waals surface area (Å²) >= 11 is 0. The average molecular weight is 425 g/mol. The van der Waals surface area contributed by atoms with E-state index in [2.05, 4.69) is 18.7 Å². The molecule has 0 spiro atoms. The summed E-state index contributed by atoms with van der Waals surface area (Å²) in [5.41, 5.74) is 2.26. The number of ether oxygens (including phenoxy) is 1. The monoisotopic (exact) mass is 424 g/mol. The molecule has 0 radical (unpaired) electrons. The number of piperazine rings is 1. The van der Waals surface area contributed by atoms with Crippen molar-refractivity contribution in [3.8, 4) is 5.75 Å². The highest BCUT2D eigenvalue weighted by Crippen LogP contribution is 2.23. The van der Waals surface area contributed by atoms with Gasteiger partial charge in [-0.05, 0) is 54.3 Å². The minimum atomic E-state index is -3.44. The van der Waals surface area contributed by atoms with E-state index in [4.69, 9.17) is 4.74 Å². The van der Waals surface area contributed by atoms with Crippen molar-refractivity contribution in [2.75, 3.05) is 38.2 Å². The average Bonchev–Trinajstić information content (AvgIpc) is 2.68. The van der Waals surface area contributed by atoms with Crippen LogP contribution in [0.3, 0.4) is 0 Å². The summed E-state index contributed by atoms with van der Waals surface area (Å²) in [6, 6.07) is 15.2. The van der Waals surface area contributed by atoms with Crippen LogP contribution in [0.2, 0.25) is 0 Å². The topological polar surface area (TPSA) is 49.9 Å². The number of halogens is 1. The molecule has 0 saturated carbocycles. The highest BCUT2D eigenvalue weighted by atomic mass is 35.5. The number of sulfonamides is 1. The second-order valence-electron chi connectivity index (χ2n) is 7.33. The third kappa shape index (κ3) is 5.19. The van der Waals surface area contributed by atoms with Crippen LogP contribution in [-0.4, -0.2) is 46.0 Å². The minimum Gasteiger partial charge on any atom is -0.497 e. The molecule has 0 aromatic heterocycles. The van der Waals surface area contributed by atoms with Gasteiger partial charge in [0.15, 0.2) is 0 Å². The first kappa shape index (κ1) is 22.5. The summed E-state index contributed by atoms with van der Waals surface area (Å²) < 4.78 is 32.7. The van der Waals surface area contributed by atoms with Gasteiger partial charge in [-0.3, -0.25) is 0 Å². The molecule has 1 aliphatic rings. The maximum atomic E-state index is 12.9. The Kier molecular flexibility index (Phi) is 7.75. The quantitative estimate of drug-likeness (QED) is 0.707. The standard InChI is InChI=1S/C21H28N2O3S.ClH/c1-17(2)16-18-4-10-21(11-5-18)27(24,25)23-14-12-22(13-15-23)19-6-8-20(26-3)9-7-19;/h4-11,17H,12-16H2,1-3H3;1H. The van der Waals surface area contributed by atoms with Crippen LogP contribution in [0.25, 0.3) is 0 Å². The third-order valence-electron chi connectivity index (χ3n) is 4.88. The van der Waals surface area contributed by atoms with Crippen LogP contribution in [0.1, 0.15) is 19.4 Å². The molecule has 5 nitrogen and oxygen atoms in total. The van der Waals surface area contributed by atoms with Gasteiger partial charge in [0.05, 0.1) is 12.0 Å². The second-order valence-corrected chi connectivity index (χ2v) is 9.27. The van der Waals surface area contributed by atoms with Gasteiger partial charge in [-0.1, -0.05) is 26.0 Å². The molecular weight excluding hydrogens is 396 g/mol. The van der Waals surface area contributed by atoms with Gasteiger partial charge in [0.1, 0.15) is 5.75 Å². The van der Waals surface area contributed by atoms with E-state index in [0.717, 1.165) is 17.9 Å². The lowest BCUT2D eigenvalue weighted by Gasteiger charge is -2.35. The molecule has 1 aliphatic heterocycles. The largest absolute Gasteiger partial charge is 0.497 e. The van der Waals surface area contributed by atoms with Crippen molar-refractivity contribution in [2.45, 2.75) is 25.2 Å². The van der Waals surface area contributed by atoms with Gasteiger partial charge in [0.2, 0.25) is 10.0 Å². The molecule has 28 heavy (non-hydrogen) atoms. The van der Waals surface area contributed by atoms with Crippen LogP contribution in [0.15, 0.2) is 53.4 Å². The molecule has 154 valence electrons. The predicted molar refractivity (Wildman–Crippen MR) is 116 cm³/mol. The number of nitrogens with zero attached hydrogens (tertiary/aromatic N) is 2. The Morgan fingerprint density at radius 3 is 2.00 bits per heavy atom. The fraction of sp³-hybridized carbons (Fsp3) is 0.429. The van der Waals surface area contributed by atoms with Crippen LogP contribution in [0.5, 0.6) is 5.75 Å². The van der Waals surface area contributed by atoms with Gasteiger partial charge in [-0.2, -0.15) is 4.31 Å². The molecule has 0 N–H and O–H groups in total. The first-order chi connectivity index (χ1) is 12.9. The van der Waals surface area contributed by atoms with Gasteiger partial charge in [0.25, 0.3) is 0 Å². The number of hydrogen-bond acceptors (Lipinski definition) is 4. The Labute approximate surface area is 174 Å². The van der Waals surface area contributed by atoms with Crippen molar-refractivity contribution in [1.82, 2.24) is 4.31 Å². The van der Waals surface area contributed by atoms with Crippen LogP contribution >= 0.6 is 12.4 Å². The maximum absolute atomic E-state index is 12.9. The summed E-state index contributed by atoms with van der Waals surface area (Å²) in [5, 5.41) is 0. The summed E-state index contributed by atoms with van der Waals surface area (Å²) in [4.78, 5) is 2.59. The van der Waals surface area contributed by atoms with E-state index in [9.17, 15) is 8.42 Å². The Hall–Kier alpha value is -1.76. The van der Waals surface area contributed by atoms with Crippen molar-refractivity contribution in [3.63, 3.8) is 0 Å². The van der Waals surface area contributed by atoms with Crippen LogP contribution in [0, 0.1) is 5.92 Å². The second kappa shape index (κ2) is 9.63. The lowest BCUT2D eigenvalue weighted by Crippen LogP contribution is -2.48. The number of rotatable bonds is 6. The Bertz CT molecular complexity index is 844. The van der Waals surface area contributed by atoms with E-state index in [1.807, 2.05) is 36.4 Å². The van der Waals surface area contributed by atoms with Crippen molar-refractivity contribution in [2.24, 2.45) is 5.92 Å². The summed E-state index contributed by atoms with van der Waals surface area (Å²) in [5.74, 6) is 1.37. The molecule has 0 unspecified atom stereocenters. The molecule has 0 aliphatic carbocycles. The Morgan fingerprint density at radius 1 is 0.929 bits per heavy atom. The van der Waals surface area contributed by atoms with E-state index in [1.165, 1.54) is 5.56 Å². The number of anilines is 1. The zero-order valence-electron chi connectivity index (χ0n) is 16.7. The fourth-order valence-electron chi connectivity index (χ4n) is 3.40. The molecule has 3 rings (SSSR count). The molecular formula is C21H29ClN2O3S. The van der Waals surface area contributed by atoms with E-state index in [0.29, 0.717) is 37.0 Å². The molecule has 1 heterocycles. The Balaban J connectivity index is 0.00000280. The highest BCUT2D eigenvalue weighted by Gasteiger charge is 2.28. The maximum Gasteiger partial charge on any atom is 0.243 e. The van der Waals surface area contributed by atoms with Gasteiger partial charge >= 0.3 is 0 Å². The van der Waals surface area contributed by atoms with Gasteiger partial charge < -0.3 is 9.64 Å².